The second kappa shape index (κ2) is 8.92. The summed E-state index contributed by atoms with van der Waals surface area (Å²) in [6.07, 6.45) is -0.218. The molecule has 0 aromatic heterocycles. The second-order valence-electron chi connectivity index (χ2n) is 7.44. The molecule has 1 N–H and O–H groups in total. The minimum atomic E-state index is -4.61. The summed E-state index contributed by atoms with van der Waals surface area (Å²) in [6, 6.07) is 13.9. The van der Waals surface area contributed by atoms with E-state index in [9.17, 15) is 31.5 Å². The third-order valence-electron chi connectivity index (χ3n) is 5.28. The van der Waals surface area contributed by atoms with E-state index in [4.69, 9.17) is 0 Å². The minimum Gasteiger partial charge on any atom is -0.478 e. The van der Waals surface area contributed by atoms with E-state index >= 15 is 0 Å². The molecule has 0 amide bonds. The van der Waals surface area contributed by atoms with Gasteiger partial charge < -0.3 is 5.11 Å². The lowest BCUT2D eigenvalue weighted by atomic mass is 10.0. The van der Waals surface area contributed by atoms with Crippen molar-refractivity contribution >= 4 is 31.4 Å². The molecule has 0 fully saturated rings. The van der Waals surface area contributed by atoms with Crippen LogP contribution in [0.5, 0.6) is 0 Å². The standard InChI is InChI=1S/C24H22O7S2/c1-4-18(25)22-17(24(26)27)13-14-21(32(28,29)19-11-7-5-9-15(19)2)23(22)33(30,31)20-12-8-6-10-16(20)3/h5-14H,4H2,1-3H3,(H,26,27). The number of carboxylic acids is 1. The molecule has 0 atom stereocenters. The Labute approximate surface area is 192 Å². The Morgan fingerprint density at radius 1 is 0.727 bits per heavy atom. The van der Waals surface area contributed by atoms with Crippen molar-refractivity contribution in [2.24, 2.45) is 0 Å². The van der Waals surface area contributed by atoms with E-state index in [1.54, 1.807) is 25.1 Å². The van der Waals surface area contributed by atoms with E-state index in [1.165, 1.54) is 44.2 Å². The normalized spacial score (nSPS) is 11.8. The molecule has 0 heterocycles. The molecule has 0 bridgehead atoms. The average Bonchev–Trinajstić information content (AvgIpc) is 2.77. The summed E-state index contributed by atoms with van der Waals surface area (Å²) in [7, 11) is -9.04. The largest absolute Gasteiger partial charge is 0.478 e. The predicted octanol–water partition coefficient (Wildman–Crippen LogP) is 4.26. The number of aromatic carboxylic acids is 1. The molecule has 0 saturated carbocycles. The molecule has 9 heteroatoms. The van der Waals surface area contributed by atoms with E-state index in [-0.39, 0.29) is 16.2 Å². The number of hydrogen-bond acceptors (Lipinski definition) is 6. The van der Waals surface area contributed by atoms with Crippen molar-refractivity contribution in [2.75, 3.05) is 0 Å². The van der Waals surface area contributed by atoms with Crippen molar-refractivity contribution in [1.82, 2.24) is 0 Å². The first-order chi connectivity index (χ1) is 15.4. The Balaban J connectivity index is 2.57. The highest BCUT2D eigenvalue weighted by Gasteiger charge is 2.37. The summed E-state index contributed by atoms with van der Waals surface area (Å²) in [4.78, 5) is 23.0. The van der Waals surface area contributed by atoms with Crippen LogP contribution in [0.15, 0.2) is 80.2 Å². The molecular formula is C24H22O7S2. The molecule has 7 nitrogen and oxygen atoms in total. The van der Waals surface area contributed by atoms with Gasteiger partial charge in [0.15, 0.2) is 5.78 Å². The van der Waals surface area contributed by atoms with Crippen LogP contribution >= 0.6 is 0 Å². The number of Topliss-reactive ketones (excluding diaryl/α,β-unsaturated/α-hetero) is 1. The van der Waals surface area contributed by atoms with Gasteiger partial charge in [0.05, 0.1) is 25.8 Å². The Hall–Kier alpha value is -3.30. The zero-order valence-electron chi connectivity index (χ0n) is 18.2. The maximum absolute atomic E-state index is 13.8. The van der Waals surface area contributed by atoms with E-state index in [0.29, 0.717) is 11.1 Å². The summed E-state index contributed by atoms with van der Waals surface area (Å²) in [5, 5.41) is 9.68. The fourth-order valence-electron chi connectivity index (χ4n) is 3.62. The smallest absolute Gasteiger partial charge is 0.336 e. The molecule has 0 saturated heterocycles. The van der Waals surface area contributed by atoms with Gasteiger partial charge in [0.1, 0.15) is 4.90 Å². The zero-order chi connectivity index (χ0) is 24.6. The minimum absolute atomic E-state index is 0.135. The molecule has 3 aromatic carbocycles. The highest BCUT2D eigenvalue weighted by Crippen LogP contribution is 2.37. The monoisotopic (exact) mass is 486 g/mol. The van der Waals surface area contributed by atoms with Crippen LogP contribution in [0.4, 0.5) is 0 Å². The number of aryl methyl sites for hydroxylation is 2. The number of ketones is 1. The van der Waals surface area contributed by atoms with Crippen LogP contribution < -0.4 is 0 Å². The lowest BCUT2D eigenvalue weighted by Crippen LogP contribution is -2.20. The summed E-state index contributed by atoms with van der Waals surface area (Å²) >= 11 is 0. The van der Waals surface area contributed by atoms with Gasteiger partial charge >= 0.3 is 5.97 Å². The first-order valence-corrected chi connectivity index (χ1v) is 13.0. The van der Waals surface area contributed by atoms with E-state index < -0.39 is 52.3 Å². The maximum atomic E-state index is 13.8. The number of carbonyl (C=O) groups excluding carboxylic acids is 1. The average molecular weight is 487 g/mol. The topological polar surface area (TPSA) is 123 Å². The van der Waals surface area contributed by atoms with Crippen LogP contribution in [0.25, 0.3) is 0 Å². The Morgan fingerprint density at radius 2 is 1.21 bits per heavy atom. The molecular weight excluding hydrogens is 464 g/mol. The highest BCUT2D eigenvalue weighted by molar-refractivity contribution is 7.94. The van der Waals surface area contributed by atoms with E-state index in [1.807, 2.05) is 0 Å². The van der Waals surface area contributed by atoms with E-state index in [2.05, 4.69) is 0 Å². The summed E-state index contributed by atoms with van der Waals surface area (Å²) in [5.74, 6) is -2.32. The predicted molar refractivity (Wildman–Crippen MR) is 121 cm³/mol. The van der Waals surface area contributed by atoms with Gasteiger partial charge in [-0.2, -0.15) is 0 Å². The Morgan fingerprint density at radius 3 is 1.67 bits per heavy atom. The molecule has 33 heavy (non-hydrogen) atoms. The number of carboxylic acid groups (broad SMARTS) is 1. The molecule has 3 aromatic rings. The lowest BCUT2D eigenvalue weighted by Gasteiger charge is -2.18. The fraction of sp³-hybridized carbons (Fsp3) is 0.167. The van der Waals surface area contributed by atoms with Gasteiger partial charge in [-0.1, -0.05) is 43.3 Å². The molecule has 0 radical (unpaired) electrons. The quantitative estimate of drug-likeness (QED) is 0.495. The lowest BCUT2D eigenvalue weighted by molar-refractivity contribution is 0.0691. The molecule has 0 unspecified atom stereocenters. The second-order valence-corrected chi connectivity index (χ2v) is 11.2. The Bertz CT molecular complexity index is 1480. The maximum Gasteiger partial charge on any atom is 0.336 e. The molecule has 0 aliphatic carbocycles. The third kappa shape index (κ3) is 4.21. The van der Waals surface area contributed by atoms with E-state index in [0.717, 1.165) is 12.1 Å². The van der Waals surface area contributed by atoms with Gasteiger partial charge in [-0.3, -0.25) is 4.79 Å². The SMILES string of the molecule is CCC(=O)c1c(C(=O)O)ccc(S(=O)(=O)c2ccccc2C)c1S(=O)(=O)c1ccccc1C. The van der Waals surface area contributed by atoms with Crippen LogP contribution in [0.2, 0.25) is 0 Å². The van der Waals surface area contributed by atoms with Gasteiger partial charge in [-0.05, 0) is 49.2 Å². The molecule has 0 aliphatic rings. The number of sulfone groups is 2. The van der Waals surface area contributed by atoms with Crippen LogP contribution in [0.1, 0.15) is 45.2 Å². The number of benzene rings is 3. The first-order valence-electron chi connectivity index (χ1n) is 9.99. The van der Waals surface area contributed by atoms with Crippen molar-refractivity contribution in [2.45, 2.75) is 46.8 Å². The highest BCUT2D eigenvalue weighted by atomic mass is 32.2. The summed E-state index contributed by atoms with van der Waals surface area (Å²) in [5.41, 5.74) is -0.504. The van der Waals surface area contributed by atoms with Gasteiger partial charge in [0.2, 0.25) is 19.7 Å². The van der Waals surface area contributed by atoms with Gasteiger partial charge in [-0.25, -0.2) is 21.6 Å². The van der Waals surface area contributed by atoms with Crippen LogP contribution in [0, 0.1) is 13.8 Å². The van der Waals surface area contributed by atoms with Crippen LogP contribution in [-0.2, 0) is 19.7 Å². The van der Waals surface area contributed by atoms with Crippen molar-refractivity contribution < 1.29 is 31.5 Å². The van der Waals surface area contributed by atoms with Gasteiger partial charge in [0.25, 0.3) is 0 Å². The molecule has 0 aliphatic heterocycles. The Kier molecular flexibility index (Phi) is 6.58. The number of hydrogen-bond donors (Lipinski definition) is 1. The zero-order valence-corrected chi connectivity index (χ0v) is 19.8. The molecule has 172 valence electrons. The third-order valence-corrected chi connectivity index (χ3v) is 9.36. The van der Waals surface area contributed by atoms with Crippen LogP contribution in [-0.4, -0.2) is 33.7 Å². The van der Waals surface area contributed by atoms with Crippen molar-refractivity contribution in [3.05, 3.63) is 82.9 Å². The number of rotatable bonds is 7. The first kappa shape index (κ1) is 24.3. The molecule has 3 rings (SSSR count). The van der Waals surface area contributed by atoms with Gasteiger partial charge in [0, 0.05) is 6.42 Å². The van der Waals surface area contributed by atoms with Crippen molar-refractivity contribution in [3.8, 4) is 0 Å². The van der Waals surface area contributed by atoms with Gasteiger partial charge in [-0.15, -0.1) is 0 Å². The van der Waals surface area contributed by atoms with Crippen molar-refractivity contribution in [1.29, 1.82) is 0 Å². The number of carbonyl (C=O) groups is 2. The van der Waals surface area contributed by atoms with Crippen LogP contribution in [0.3, 0.4) is 0 Å². The van der Waals surface area contributed by atoms with Crippen molar-refractivity contribution in [3.63, 3.8) is 0 Å². The fourth-order valence-corrected chi connectivity index (χ4v) is 7.65. The molecule has 0 spiro atoms. The summed E-state index contributed by atoms with van der Waals surface area (Å²) in [6.45, 7) is 4.54. The summed E-state index contributed by atoms with van der Waals surface area (Å²) < 4.78 is 55.0.